The largest absolute Gasteiger partial charge is 0.467 e. The van der Waals surface area contributed by atoms with Crippen molar-refractivity contribution in [3.8, 4) is 0 Å². The van der Waals surface area contributed by atoms with E-state index in [0.717, 1.165) is 0 Å². The van der Waals surface area contributed by atoms with Crippen LogP contribution in [-0.2, 0) is 21.4 Å². The highest BCUT2D eigenvalue weighted by Crippen LogP contribution is 2.27. The van der Waals surface area contributed by atoms with E-state index in [1.54, 1.807) is 18.4 Å². The fraction of sp³-hybridized carbons (Fsp3) is 0.353. The zero-order valence-electron chi connectivity index (χ0n) is 14.4. The Labute approximate surface area is 167 Å². The summed E-state index contributed by atoms with van der Waals surface area (Å²) in [7, 11) is -3.64. The number of benzene rings is 1. The number of nitrogens with zero attached hydrogens (tertiary/aromatic N) is 2. The highest BCUT2D eigenvalue weighted by Gasteiger charge is 2.29. The third-order valence-electron chi connectivity index (χ3n) is 4.27. The molecule has 0 radical (unpaired) electrons. The van der Waals surface area contributed by atoms with Gasteiger partial charge in [0.2, 0.25) is 15.9 Å². The fourth-order valence-corrected chi connectivity index (χ4v) is 4.58. The predicted molar refractivity (Wildman–Crippen MR) is 102 cm³/mol. The van der Waals surface area contributed by atoms with Crippen LogP contribution in [0, 0.1) is 0 Å². The predicted octanol–water partition coefficient (Wildman–Crippen LogP) is 2.21. The van der Waals surface area contributed by atoms with Crippen molar-refractivity contribution in [2.45, 2.75) is 11.4 Å². The number of sulfonamides is 1. The highest BCUT2D eigenvalue weighted by molar-refractivity contribution is 7.89. The maximum Gasteiger partial charge on any atom is 0.243 e. The normalized spacial score (nSPS) is 16.4. The van der Waals surface area contributed by atoms with Crippen LogP contribution in [0.15, 0.2) is 45.9 Å². The Balaban J connectivity index is 1.51. The average molecular weight is 432 g/mol. The summed E-state index contributed by atoms with van der Waals surface area (Å²) in [6, 6.07) is 7.81. The van der Waals surface area contributed by atoms with Gasteiger partial charge in [-0.1, -0.05) is 23.2 Å². The molecule has 27 heavy (non-hydrogen) atoms. The average Bonchev–Trinajstić information content (AvgIpc) is 3.16. The molecule has 0 bridgehead atoms. The van der Waals surface area contributed by atoms with Crippen LogP contribution in [0.1, 0.15) is 5.76 Å². The van der Waals surface area contributed by atoms with Gasteiger partial charge in [0, 0.05) is 26.2 Å². The van der Waals surface area contributed by atoms with E-state index in [2.05, 4.69) is 5.32 Å². The van der Waals surface area contributed by atoms with Crippen LogP contribution in [0.3, 0.4) is 0 Å². The highest BCUT2D eigenvalue weighted by atomic mass is 35.5. The van der Waals surface area contributed by atoms with Gasteiger partial charge in [0.05, 0.1) is 34.3 Å². The van der Waals surface area contributed by atoms with Crippen LogP contribution in [0.4, 0.5) is 0 Å². The van der Waals surface area contributed by atoms with Crippen molar-refractivity contribution in [2.75, 3.05) is 32.7 Å². The molecule has 1 aliphatic rings. The van der Waals surface area contributed by atoms with E-state index in [0.29, 0.717) is 43.5 Å². The first kappa shape index (κ1) is 20.2. The molecule has 1 fully saturated rings. The molecule has 0 saturated carbocycles. The molecule has 1 saturated heterocycles. The molecule has 0 atom stereocenters. The molecule has 146 valence electrons. The smallest absolute Gasteiger partial charge is 0.243 e. The lowest BCUT2D eigenvalue weighted by molar-refractivity contribution is -0.122. The second-order valence-electron chi connectivity index (χ2n) is 6.11. The molecule has 1 amide bonds. The number of furan rings is 1. The Morgan fingerprint density at radius 3 is 2.48 bits per heavy atom. The van der Waals surface area contributed by atoms with Crippen molar-refractivity contribution >= 4 is 39.1 Å². The molecule has 2 aromatic rings. The molecule has 1 N–H and O–H groups in total. The number of carbonyl (C=O) groups is 1. The van der Waals surface area contributed by atoms with E-state index < -0.39 is 10.0 Å². The summed E-state index contributed by atoms with van der Waals surface area (Å²) in [5.41, 5.74) is 0. The van der Waals surface area contributed by atoms with Gasteiger partial charge < -0.3 is 9.73 Å². The van der Waals surface area contributed by atoms with Crippen LogP contribution < -0.4 is 5.32 Å². The molecule has 3 rings (SSSR count). The molecular formula is C17H19Cl2N3O4S. The number of halogens is 2. The summed E-state index contributed by atoms with van der Waals surface area (Å²) in [5, 5.41) is 3.28. The second-order valence-corrected chi connectivity index (χ2v) is 8.86. The Kier molecular flexibility index (Phi) is 6.44. The fourth-order valence-electron chi connectivity index (χ4n) is 2.77. The molecule has 0 aliphatic carbocycles. The Morgan fingerprint density at radius 2 is 1.85 bits per heavy atom. The minimum Gasteiger partial charge on any atom is -0.467 e. The van der Waals surface area contributed by atoms with Crippen molar-refractivity contribution in [1.82, 2.24) is 14.5 Å². The van der Waals surface area contributed by atoms with Crippen LogP contribution in [0.25, 0.3) is 0 Å². The van der Waals surface area contributed by atoms with Crippen molar-refractivity contribution in [1.29, 1.82) is 0 Å². The quantitative estimate of drug-likeness (QED) is 0.757. The van der Waals surface area contributed by atoms with Crippen molar-refractivity contribution < 1.29 is 17.6 Å². The molecule has 1 aliphatic heterocycles. The Morgan fingerprint density at radius 1 is 1.11 bits per heavy atom. The van der Waals surface area contributed by atoms with Gasteiger partial charge in [0.15, 0.2) is 0 Å². The van der Waals surface area contributed by atoms with Gasteiger partial charge in [-0.05, 0) is 30.3 Å². The van der Waals surface area contributed by atoms with Crippen molar-refractivity contribution in [2.24, 2.45) is 0 Å². The molecule has 0 unspecified atom stereocenters. The standard InChI is InChI=1S/C17H19Cl2N3O4S/c18-15-4-3-14(10-16(15)19)27(24,25)22-7-5-21(6-8-22)12-17(23)20-11-13-2-1-9-26-13/h1-4,9-10H,5-8,11-12H2,(H,20,23). The second kappa shape index (κ2) is 8.62. The molecule has 10 heteroatoms. The van der Waals surface area contributed by atoms with Crippen molar-refractivity contribution in [3.63, 3.8) is 0 Å². The summed E-state index contributed by atoms with van der Waals surface area (Å²) in [4.78, 5) is 14.0. The summed E-state index contributed by atoms with van der Waals surface area (Å²) < 4.78 is 32.0. The van der Waals surface area contributed by atoms with Gasteiger partial charge in [0.25, 0.3) is 0 Å². The lowest BCUT2D eigenvalue weighted by atomic mass is 10.3. The number of carbonyl (C=O) groups excluding carboxylic acids is 1. The number of amides is 1. The monoisotopic (exact) mass is 431 g/mol. The third kappa shape index (κ3) is 5.03. The van der Waals surface area contributed by atoms with Crippen LogP contribution in [0.2, 0.25) is 10.0 Å². The summed E-state index contributed by atoms with van der Waals surface area (Å²) in [6.07, 6.45) is 1.55. The van der Waals surface area contributed by atoms with E-state index in [-0.39, 0.29) is 22.4 Å². The summed E-state index contributed by atoms with van der Waals surface area (Å²) in [6.45, 7) is 2.07. The van der Waals surface area contributed by atoms with Crippen LogP contribution in [0.5, 0.6) is 0 Å². The maximum absolute atomic E-state index is 12.7. The number of hydrogen-bond donors (Lipinski definition) is 1. The van der Waals surface area contributed by atoms with Gasteiger partial charge in [-0.25, -0.2) is 8.42 Å². The van der Waals surface area contributed by atoms with E-state index in [9.17, 15) is 13.2 Å². The van der Waals surface area contributed by atoms with E-state index in [4.69, 9.17) is 27.6 Å². The van der Waals surface area contributed by atoms with Crippen LogP contribution in [-0.4, -0.2) is 56.3 Å². The topological polar surface area (TPSA) is 82.9 Å². The zero-order chi connectivity index (χ0) is 19.4. The molecule has 0 spiro atoms. The minimum absolute atomic E-state index is 0.113. The maximum atomic E-state index is 12.7. The summed E-state index contributed by atoms with van der Waals surface area (Å²) in [5.74, 6) is 0.549. The Bertz CT molecular complexity index is 895. The van der Waals surface area contributed by atoms with Gasteiger partial charge in [-0.15, -0.1) is 0 Å². The lowest BCUT2D eigenvalue weighted by Crippen LogP contribution is -2.50. The molecular weight excluding hydrogens is 413 g/mol. The van der Waals surface area contributed by atoms with E-state index >= 15 is 0 Å². The van der Waals surface area contributed by atoms with E-state index in [1.807, 2.05) is 4.90 Å². The van der Waals surface area contributed by atoms with Crippen LogP contribution >= 0.6 is 23.2 Å². The molecule has 1 aromatic carbocycles. The number of piperazine rings is 1. The molecule has 1 aromatic heterocycles. The van der Waals surface area contributed by atoms with Crippen molar-refractivity contribution in [3.05, 3.63) is 52.4 Å². The SMILES string of the molecule is O=C(CN1CCN(S(=O)(=O)c2ccc(Cl)c(Cl)c2)CC1)NCc1ccco1. The third-order valence-corrected chi connectivity index (χ3v) is 6.90. The van der Waals surface area contributed by atoms with Gasteiger partial charge in [-0.3, -0.25) is 9.69 Å². The minimum atomic E-state index is -3.64. The first-order chi connectivity index (χ1) is 12.9. The zero-order valence-corrected chi connectivity index (χ0v) is 16.7. The van der Waals surface area contributed by atoms with Gasteiger partial charge in [0.1, 0.15) is 5.76 Å². The molecule has 2 heterocycles. The van der Waals surface area contributed by atoms with E-state index in [1.165, 1.54) is 22.5 Å². The number of hydrogen-bond acceptors (Lipinski definition) is 5. The van der Waals surface area contributed by atoms with Gasteiger partial charge >= 0.3 is 0 Å². The first-order valence-corrected chi connectivity index (χ1v) is 10.5. The lowest BCUT2D eigenvalue weighted by Gasteiger charge is -2.33. The summed E-state index contributed by atoms with van der Waals surface area (Å²) >= 11 is 11.8. The Hall–Kier alpha value is -1.58. The number of rotatable bonds is 6. The first-order valence-electron chi connectivity index (χ1n) is 8.33. The van der Waals surface area contributed by atoms with Gasteiger partial charge in [-0.2, -0.15) is 4.31 Å². The molecule has 7 nitrogen and oxygen atoms in total. The number of nitrogens with one attached hydrogen (secondary N) is 1.